The summed E-state index contributed by atoms with van der Waals surface area (Å²) in [6, 6.07) is 0. The predicted molar refractivity (Wildman–Crippen MR) is 34.4 cm³/mol. The third kappa shape index (κ3) is 1.66. The van der Waals surface area contributed by atoms with Crippen LogP contribution in [0.3, 0.4) is 0 Å². The highest BCUT2D eigenvalue weighted by atomic mass is 16.5. The molecule has 1 fully saturated rings. The van der Waals surface area contributed by atoms with Gasteiger partial charge in [0.25, 0.3) is 0 Å². The maximum Gasteiger partial charge on any atom is 0.0997 e. The van der Waals surface area contributed by atoms with Crippen LogP contribution < -0.4 is 0 Å². The van der Waals surface area contributed by atoms with Crippen LogP contribution in [0.5, 0.6) is 0 Å². The van der Waals surface area contributed by atoms with Crippen LogP contribution in [0.4, 0.5) is 0 Å². The molecule has 0 spiro atoms. The molecule has 2 heteroatoms. The van der Waals surface area contributed by atoms with Crippen LogP contribution in [0.1, 0.15) is 19.3 Å². The second-order valence-electron chi connectivity index (χ2n) is 2.16. The normalized spacial score (nSPS) is 23.3. The third-order valence-corrected chi connectivity index (χ3v) is 1.65. The molecule has 0 saturated heterocycles. The average Bonchev–Trinajstić information content (AvgIpc) is 2.34. The molecule has 0 aromatic rings. The van der Waals surface area contributed by atoms with Gasteiger partial charge in [-0.1, -0.05) is 0 Å². The second kappa shape index (κ2) is 3.18. The number of rotatable bonds is 2. The van der Waals surface area contributed by atoms with Crippen LogP contribution in [-0.4, -0.2) is 14.2 Å². The highest BCUT2D eigenvalue weighted by Crippen LogP contribution is 2.34. The average molecular weight is 128 g/mol. The summed E-state index contributed by atoms with van der Waals surface area (Å²) in [6.45, 7) is 0. The van der Waals surface area contributed by atoms with Gasteiger partial charge in [-0.05, 0) is 12.8 Å². The van der Waals surface area contributed by atoms with Crippen molar-refractivity contribution >= 4 is 0 Å². The third-order valence-electron chi connectivity index (χ3n) is 1.65. The summed E-state index contributed by atoms with van der Waals surface area (Å²) < 4.78 is 10.1. The summed E-state index contributed by atoms with van der Waals surface area (Å²) in [5.41, 5.74) is 0. The molecule has 0 atom stereocenters. The fourth-order valence-corrected chi connectivity index (χ4v) is 1.02. The Morgan fingerprint density at radius 1 is 1.00 bits per heavy atom. The zero-order valence-electron chi connectivity index (χ0n) is 5.94. The highest BCUT2D eigenvalue weighted by Gasteiger charge is 2.25. The number of hydrogen-bond acceptors (Lipinski definition) is 2. The van der Waals surface area contributed by atoms with Crippen LogP contribution in [0.2, 0.25) is 0 Å². The number of hydrogen-bond donors (Lipinski definition) is 0. The zero-order chi connectivity index (χ0) is 6.69. The van der Waals surface area contributed by atoms with Gasteiger partial charge >= 0.3 is 0 Å². The summed E-state index contributed by atoms with van der Waals surface area (Å²) >= 11 is 0. The van der Waals surface area contributed by atoms with Crippen LogP contribution in [-0.2, 0) is 9.47 Å². The van der Waals surface area contributed by atoms with E-state index in [2.05, 4.69) is 0 Å². The minimum Gasteiger partial charge on any atom is -0.375 e. The van der Waals surface area contributed by atoms with Gasteiger partial charge in [-0.2, -0.15) is 0 Å². The van der Waals surface area contributed by atoms with E-state index in [0.29, 0.717) is 0 Å². The molecule has 1 saturated carbocycles. The van der Waals surface area contributed by atoms with Crippen molar-refractivity contribution in [2.45, 2.75) is 19.3 Å². The van der Waals surface area contributed by atoms with E-state index in [1.807, 2.05) is 0 Å². The number of methoxy groups -OCH3 is 2. The van der Waals surface area contributed by atoms with E-state index in [1.54, 1.807) is 14.2 Å². The molecule has 1 rings (SSSR count). The topological polar surface area (TPSA) is 18.5 Å². The van der Waals surface area contributed by atoms with Crippen molar-refractivity contribution in [3.05, 3.63) is 12.2 Å². The predicted octanol–water partition coefficient (Wildman–Crippen LogP) is 1.53. The van der Waals surface area contributed by atoms with Crippen molar-refractivity contribution in [1.29, 1.82) is 0 Å². The molecule has 2 radical (unpaired) electrons. The lowest BCUT2D eigenvalue weighted by Crippen LogP contribution is -1.95. The van der Waals surface area contributed by atoms with Crippen molar-refractivity contribution < 1.29 is 9.47 Å². The van der Waals surface area contributed by atoms with E-state index in [9.17, 15) is 0 Å². The van der Waals surface area contributed by atoms with Crippen LogP contribution in [0.15, 0.2) is 0 Å². The van der Waals surface area contributed by atoms with E-state index in [4.69, 9.17) is 9.47 Å². The van der Waals surface area contributed by atoms with Crippen molar-refractivity contribution in [3.63, 3.8) is 0 Å². The molecule has 0 N–H and O–H groups in total. The van der Waals surface area contributed by atoms with Crippen LogP contribution in [0, 0.1) is 12.2 Å². The molecule has 0 unspecified atom stereocenters. The minimum atomic E-state index is 0.910. The lowest BCUT2D eigenvalue weighted by atomic mass is 10.3. The maximum atomic E-state index is 5.06. The van der Waals surface area contributed by atoms with E-state index < -0.39 is 0 Å². The van der Waals surface area contributed by atoms with E-state index in [1.165, 1.54) is 0 Å². The van der Waals surface area contributed by atoms with Crippen molar-refractivity contribution in [1.82, 2.24) is 0 Å². The lowest BCUT2D eigenvalue weighted by molar-refractivity contribution is 0.175. The van der Waals surface area contributed by atoms with Gasteiger partial charge in [-0.3, -0.25) is 0 Å². The summed E-state index contributed by atoms with van der Waals surface area (Å²) in [5.74, 6) is 0. The van der Waals surface area contributed by atoms with Gasteiger partial charge in [0, 0.05) is 20.6 Å². The Labute approximate surface area is 56.2 Å². The highest BCUT2D eigenvalue weighted by molar-refractivity contribution is 5.00. The van der Waals surface area contributed by atoms with Crippen molar-refractivity contribution in [2.75, 3.05) is 14.2 Å². The Bertz CT molecular complexity index is 73.0. The SMILES string of the molecule is CO[C]1CC[C](OC)C1. The molecule has 1 aliphatic carbocycles. The van der Waals surface area contributed by atoms with Gasteiger partial charge in [0.15, 0.2) is 0 Å². The van der Waals surface area contributed by atoms with Gasteiger partial charge in [-0.15, -0.1) is 0 Å². The van der Waals surface area contributed by atoms with E-state index in [0.717, 1.165) is 31.5 Å². The van der Waals surface area contributed by atoms with Gasteiger partial charge in [0.05, 0.1) is 12.2 Å². The Balaban J connectivity index is 2.20. The maximum absolute atomic E-state index is 5.06. The van der Waals surface area contributed by atoms with Crippen LogP contribution in [0.25, 0.3) is 0 Å². The molecule has 0 heterocycles. The summed E-state index contributed by atoms with van der Waals surface area (Å²) in [5, 5.41) is 0. The second-order valence-corrected chi connectivity index (χ2v) is 2.16. The number of ether oxygens (including phenoxy) is 2. The standard InChI is InChI=1S/C7H12O2/c1-8-6-3-4-7(5-6)9-2/h3-5H2,1-2H3. The molecule has 0 aromatic heterocycles. The van der Waals surface area contributed by atoms with Crippen LogP contribution >= 0.6 is 0 Å². The molecule has 0 aromatic carbocycles. The molecular weight excluding hydrogens is 116 g/mol. The summed E-state index contributed by atoms with van der Waals surface area (Å²) in [7, 11) is 3.43. The first-order valence-corrected chi connectivity index (χ1v) is 3.14. The zero-order valence-corrected chi connectivity index (χ0v) is 5.94. The smallest absolute Gasteiger partial charge is 0.0997 e. The molecular formula is C7H12O2. The first kappa shape index (κ1) is 7.03. The minimum absolute atomic E-state index is 0.910. The Kier molecular flexibility index (Phi) is 2.49. The fraction of sp³-hybridized carbons (Fsp3) is 0.714. The molecule has 0 bridgehead atoms. The van der Waals surface area contributed by atoms with Gasteiger partial charge in [-0.25, -0.2) is 0 Å². The first-order valence-electron chi connectivity index (χ1n) is 3.14. The Morgan fingerprint density at radius 2 is 1.44 bits per heavy atom. The largest absolute Gasteiger partial charge is 0.375 e. The Hall–Kier alpha value is -0.0800. The lowest BCUT2D eigenvalue weighted by Gasteiger charge is -2.04. The quantitative estimate of drug-likeness (QED) is 0.561. The molecule has 1 aliphatic rings. The monoisotopic (exact) mass is 128 g/mol. The van der Waals surface area contributed by atoms with E-state index in [-0.39, 0.29) is 0 Å². The molecule has 0 amide bonds. The van der Waals surface area contributed by atoms with Crippen molar-refractivity contribution in [2.24, 2.45) is 0 Å². The van der Waals surface area contributed by atoms with Crippen molar-refractivity contribution in [3.8, 4) is 0 Å². The van der Waals surface area contributed by atoms with Gasteiger partial charge < -0.3 is 9.47 Å². The first-order chi connectivity index (χ1) is 4.36. The Morgan fingerprint density at radius 3 is 1.67 bits per heavy atom. The molecule has 9 heavy (non-hydrogen) atoms. The van der Waals surface area contributed by atoms with Gasteiger partial charge in [0.2, 0.25) is 0 Å². The molecule has 2 nitrogen and oxygen atoms in total. The molecule has 0 aliphatic heterocycles. The molecule has 52 valence electrons. The fourth-order valence-electron chi connectivity index (χ4n) is 1.02. The summed E-state index contributed by atoms with van der Waals surface area (Å²) in [6.07, 6.45) is 5.28. The van der Waals surface area contributed by atoms with Gasteiger partial charge in [0.1, 0.15) is 0 Å². The summed E-state index contributed by atoms with van der Waals surface area (Å²) in [4.78, 5) is 0. The van der Waals surface area contributed by atoms with E-state index >= 15 is 0 Å².